The van der Waals surface area contributed by atoms with Gasteiger partial charge in [-0.2, -0.15) is 0 Å². The van der Waals surface area contributed by atoms with Gasteiger partial charge in [0, 0.05) is 6.20 Å². The second-order valence-corrected chi connectivity index (χ2v) is 6.02. The lowest BCUT2D eigenvalue weighted by Gasteiger charge is -2.13. The Morgan fingerprint density at radius 3 is 2.72 bits per heavy atom. The Hall–Kier alpha value is -1.34. The van der Waals surface area contributed by atoms with Crippen LogP contribution in [0.3, 0.4) is 0 Å². The molecule has 0 spiro atoms. The summed E-state index contributed by atoms with van der Waals surface area (Å²) in [4.78, 5) is 15.0. The lowest BCUT2D eigenvalue weighted by Crippen LogP contribution is -2.33. The van der Waals surface area contributed by atoms with E-state index in [9.17, 15) is 13.2 Å². The van der Waals surface area contributed by atoms with Crippen LogP contribution >= 0.6 is 11.6 Å². The first-order valence-electron chi connectivity index (χ1n) is 4.99. The molecule has 1 heterocycles. The van der Waals surface area contributed by atoms with Crippen molar-refractivity contribution in [3.63, 3.8) is 0 Å². The highest BCUT2D eigenvalue weighted by molar-refractivity contribution is 7.94. The standard InChI is InChI=1S/C10H13ClN2O4S/c1-6-4-8(9(11)12-5-6)13-18(15,16)7(2)10(14)17-3/h4-5,7,13H,1-3H3. The number of carbonyl (C=O) groups excluding carboxylic acids is 1. The highest BCUT2D eigenvalue weighted by Crippen LogP contribution is 2.22. The molecule has 0 radical (unpaired) electrons. The molecule has 1 aromatic rings. The number of esters is 1. The predicted octanol–water partition coefficient (Wildman–Crippen LogP) is 1.35. The van der Waals surface area contributed by atoms with Gasteiger partial charge in [-0.1, -0.05) is 11.6 Å². The molecule has 0 aromatic carbocycles. The molecular formula is C10H13ClN2O4S. The molecule has 6 nitrogen and oxygen atoms in total. The number of rotatable bonds is 4. The van der Waals surface area contributed by atoms with Crippen LogP contribution < -0.4 is 4.72 Å². The number of methoxy groups -OCH3 is 1. The normalized spacial score (nSPS) is 12.9. The number of anilines is 1. The summed E-state index contributed by atoms with van der Waals surface area (Å²) in [5.41, 5.74) is 0.871. The molecule has 1 aromatic heterocycles. The number of sulfonamides is 1. The van der Waals surface area contributed by atoms with Gasteiger partial charge in [0.2, 0.25) is 10.0 Å². The van der Waals surface area contributed by atoms with E-state index in [0.717, 1.165) is 12.7 Å². The fourth-order valence-corrected chi connectivity index (χ4v) is 2.35. The minimum absolute atomic E-state index is 0.0150. The molecule has 0 amide bonds. The highest BCUT2D eigenvalue weighted by atomic mass is 35.5. The number of nitrogens with one attached hydrogen (secondary N) is 1. The summed E-state index contributed by atoms with van der Waals surface area (Å²) in [6, 6.07) is 1.52. The third-order valence-electron chi connectivity index (χ3n) is 2.23. The Balaban J connectivity index is 3.02. The minimum Gasteiger partial charge on any atom is -0.468 e. The van der Waals surface area contributed by atoms with Crippen LogP contribution in [-0.4, -0.2) is 31.7 Å². The Labute approximate surface area is 110 Å². The van der Waals surface area contributed by atoms with E-state index in [1.807, 2.05) is 0 Å². The third kappa shape index (κ3) is 3.33. The molecule has 100 valence electrons. The van der Waals surface area contributed by atoms with Gasteiger partial charge in [0.25, 0.3) is 0 Å². The fraction of sp³-hybridized carbons (Fsp3) is 0.400. The maximum atomic E-state index is 11.9. The number of hydrogen-bond donors (Lipinski definition) is 1. The summed E-state index contributed by atoms with van der Waals surface area (Å²) in [5.74, 6) is -0.848. The van der Waals surface area contributed by atoms with Crippen molar-refractivity contribution in [2.24, 2.45) is 0 Å². The molecule has 0 aliphatic rings. The SMILES string of the molecule is COC(=O)C(C)S(=O)(=O)Nc1cc(C)cnc1Cl. The number of ether oxygens (including phenoxy) is 1. The van der Waals surface area contributed by atoms with Gasteiger partial charge in [-0.25, -0.2) is 13.4 Å². The van der Waals surface area contributed by atoms with E-state index >= 15 is 0 Å². The number of aryl methyl sites for hydroxylation is 1. The maximum absolute atomic E-state index is 11.9. The van der Waals surface area contributed by atoms with Crippen LogP contribution in [0.4, 0.5) is 5.69 Å². The molecular weight excluding hydrogens is 280 g/mol. The van der Waals surface area contributed by atoms with Gasteiger partial charge in [0.05, 0.1) is 12.8 Å². The highest BCUT2D eigenvalue weighted by Gasteiger charge is 2.29. The molecule has 0 fully saturated rings. The zero-order valence-electron chi connectivity index (χ0n) is 10.1. The summed E-state index contributed by atoms with van der Waals surface area (Å²) in [7, 11) is -2.79. The molecule has 0 saturated carbocycles. The van der Waals surface area contributed by atoms with Crippen LogP contribution in [0.15, 0.2) is 12.3 Å². The Morgan fingerprint density at radius 2 is 2.17 bits per heavy atom. The van der Waals surface area contributed by atoms with E-state index in [0.29, 0.717) is 0 Å². The van der Waals surface area contributed by atoms with Crippen molar-refractivity contribution in [1.29, 1.82) is 0 Å². The van der Waals surface area contributed by atoms with Crippen LogP contribution in [0, 0.1) is 6.92 Å². The number of aromatic nitrogens is 1. The molecule has 0 aliphatic carbocycles. The van der Waals surface area contributed by atoms with Crippen molar-refractivity contribution < 1.29 is 17.9 Å². The topological polar surface area (TPSA) is 85.4 Å². The number of nitrogens with zero attached hydrogens (tertiary/aromatic N) is 1. The van der Waals surface area contributed by atoms with Crippen LogP contribution in [-0.2, 0) is 19.6 Å². The summed E-state index contributed by atoms with van der Waals surface area (Å²) >= 11 is 5.77. The Kier molecular flexibility index (Phi) is 4.53. The first-order chi connectivity index (χ1) is 8.27. The lowest BCUT2D eigenvalue weighted by atomic mass is 10.3. The summed E-state index contributed by atoms with van der Waals surface area (Å²) in [5, 5.41) is -1.32. The van der Waals surface area contributed by atoms with Gasteiger partial charge in [-0.05, 0) is 25.5 Å². The minimum atomic E-state index is -3.91. The van der Waals surface area contributed by atoms with Crippen molar-refractivity contribution in [2.45, 2.75) is 19.1 Å². The average Bonchev–Trinajstić information content (AvgIpc) is 2.31. The second kappa shape index (κ2) is 5.53. The van der Waals surface area contributed by atoms with Crippen molar-refractivity contribution in [2.75, 3.05) is 11.8 Å². The van der Waals surface area contributed by atoms with Crippen LogP contribution in [0.25, 0.3) is 0 Å². The maximum Gasteiger partial charge on any atom is 0.325 e. The van der Waals surface area contributed by atoms with E-state index < -0.39 is 21.2 Å². The monoisotopic (exact) mass is 292 g/mol. The Morgan fingerprint density at radius 1 is 1.56 bits per heavy atom. The van der Waals surface area contributed by atoms with Crippen LogP contribution in [0.2, 0.25) is 5.15 Å². The first kappa shape index (κ1) is 14.7. The van der Waals surface area contributed by atoms with Crippen molar-refractivity contribution in [1.82, 2.24) is 4.98 Å². The van der Waals surface area contributed by atoms with Crippen LogP contribution in [0.1, 0.15) is 12.5 Å². The van der Waals surface area contributed by atoms with Gasteiger partial charge in [-0.3, -0.25) is 9.52 Å². The third-order valence-corrected chi connectivity index (χ3v) is 4.16. The predicted molar refractivity (Wildman–Crippen MR) is 68.0 cm³/mol. The molecule has 0 saturated heterocycles. The smallest absolute Gasteiger partial charge is 0.325 e. The van der Waals surface area contributed by atoms with Crippen molar-refractivity contribution in [3.8, 4) is 0 Å². The molecule has 1 N–H and O–H groups in total. The molecule has 18 heavy (non-hydrogen) atoms. The van der Waals surface area contributed by atoms with Crippen molar-refractivity contribution in [3.05, 3.63) is 23.0 Å². The fourth-order valence-electron chi connectivity index (χ4n) is 1.16. The first-order valence-corrected chi connectivity index (χ1v) is 6.92. The molecule has 0 bridgehead atoms. The van der Waals surface area contributed by atoms with E-state index in [-0.39, 0.29) is 10.8 Å². The number of halogens is 1. The zero-order valence-corrected chi connectivity index (χ0v) is 11.7. The molecule has 0 aliphatic heterocycles. The second-order valence-electron chi connectivity index (χ2n) is 3.66. The summed E-state index contributed by atoms with van der Waals surface area (Å²) in [6.07, 6.45) is 1.50. The molecule has 1 unspecified atom stereocenters. The van der Waals surface area contributed by atoms with E-state index in [1.165, 1.54) is 19.2 Å². The molecule has 8 heteroatoms. The van der Waals surface area contributed by atoms with E-state index in [4.69, 9.17) is 11.6 Å². The number of hydrogen-bond acceptors (Lipinski definition) is 5. The largest absolute Gasteiger partial charge is 0.468 e. The average molecular weight is 293 g/mol. The van der Waals surface area contributed by atoms with E-state index in [2.05, 4.69) is 14.4 Å². The number of carbonyl (C=O) groups is 1. The zero-order chi connectivity index (χ0) is 13.9. The van der Waals surface area contributed by atoms with Gasteiger partial charge in [-0.15, -0.1) is 0 Å². The Bertz CT molecular complexity index is 559. The van der Waals surface area contributed by atoms with Gasteiger partial charge < -0.3 is 4.74 Å². The number of pyridine rings is 1. The summed E-state index contributed by atoms with van der Waals surface area (Å²) in [6.45, 7) is 2.97. The molecule has 1 rings (SSSR count). The van der Waals surface area contributed by atoms with Crippen molar-refractivity contribution >= 4 is 33.3 Å². The quantitative estimate of drug-likeness (QED) is 0.669. The van der Waals surface area contributed by atoms with Gasteiger partial charge in [0.1, 0.15) is 0 Å². The van der Waals surface area contributed by atoms with Gasteiger partial charge >= 0.3 is 5.97 Å². The summed E-state index contributed by atoms with van der Waals surface area (Å²) < 4.78 is 30.3. The lowest BCUT2D eigenvalue weighted by molar-refractivity contribution is -0.139. The molecule has 1 atom stereocenters. The van der Waals surface area contributed by atoms with Gasteiger partial charge in [0.15, 0.2) is 10.4 Å². The van der Waals surface area contributed by atoms with Crippen LogP contribution in [0.5, 0.6) is 0 Å². The van der Waals surface area contributed by atoms with E-state index in [1.54, 1.807) is 6.92 Å².